The summed E-state index contributed by atoms with van der Waals surface area (Å²) in [5.74, 6) is 3.00. The maximum atomic E-state index is 12.9. The van der Waals surface area contributed by atoms with Gasteiger partial charge in [0.2, 0.25) is 0 Å². The van der Waals surface area contributed by atoms with Crippen LogP contribution in [0.3, 0.4) is 0 Å². The van der Waals surface area contributed by atoms with Gasteiger partial charge in [-0.2, -0.15) is 0 Å². The van der Waals surface area contributed by atoms with Crippen LogP contribution in [0.15, 0.2) is 48.5 Å². The number of carbonyl (C=O) groups excluding carboxylic acids is 1. The Labute approximate surface area is 181 Å². The van der Waals surface area contributed by atoms with Crippen LogP contribution in [0.25, 0.3) is 11.3 Å². The lowest BCUT2D eigenvalue weighted by Gasteiger charge is -2.35. The number of aromatic nitrogens is 2. The molecule has 0 radical (unpaired) electrons. The molecular weight excluding hydrogens is 390 g/mol. The van der Waals surface area contributed by atoms with Crippen LogP contribution in [0, 0.1) is 13.8 Å². The van der Waals surface area contributed by atoms with E-state index in [1.165, 1.54) is 5.56 Å². The van der Waals surface area contributed by atoms with Crippen LogP contribution in [-0.2, 0) is 0 Å². The van der Waals surface area contributed by atoms with Gasteiger partial charge in [0.1, 0.15) is 28.7 Å². The maximum absolute atomic E-state index is 12.9. The van der Waals surface area contributed by atoms with E-state index in [9.17, 15) is 4.79 Å². The summed E-state index contributed by atoms with van der Waals surface area (Å²) in [5, 5.41) is 0. The minimum Gasteiger partial charge on any atom is -0.497 e. The Morgan fingerprint density at radius 1 is 1.06 bits per heavy atom. The predicted molar refractivity (Wildman–Crippen MR) is 119 cm³/mol. The second-order valence-electron chi connectivity index (χ2n) is 8.44. The molecule has 0 aliphatic carbocycles. The van der Waals surface area contributed by atoms with Crippen molar-refractivity contribution in [2.75, 3.05) is 25.1 Å². The largest absolute Gasteiger partial charge is 0.497 e. The standard InChI is InChI=1S/C25H25N3O3/c1-16-4-6-18(7-5-16)21-13-24(27-17(2)26-21)28-11-10-25(15-28)14-22(29)20-12-19(30-3)8-9-23(20)31-25/h4-9,12-13H,10-11,14-15H2,1-3H3. The van der Waals surface area contributed by atoms with Crippen molar-refractivity contribution in [3.05, 3.63) is 65.5 Å². The quantitative estimate of drug-likeness (QED) is 0.632. The molecule has 1 atom stereocenters. The van der Waals surface area contributed by atoms with Crippen molar-refractivity contribution < 1.29 is 14.3 Å². The van der Waals surface area contributed by atoms with Crippen LogP contribution in [0.2, 0.25) is 0 Å². The number of aryl methyl sites for hydroxylation is 2. The third-order valence-electron chi connectivity index (χ3n) is 6.11. The average molecular weight is 415 g/mol. The van der Waals surface area contributed by atoms with E-state index in [1.807, 2.05) is 25.1 Å². The second kappa shape index (κ2) is 7.38. The first-order valence-corrected chi connectivity index (χ1v) is 10.5. The molecule has 1 spiro atoms. The lowest BCUT2D eigenvalue weighted by molar-refractivity contribution is 0.0537. The Kier molecular flexibility index (Phi) is 4.65. The van der Waals surface area contributed by atoms with E-state index in [0.29, 0.717) is 30.0 Å². The van der Waals surface area contributed by atoms with Gasteiger partial charge in [0.15, 0.2) is 5.78 Å². The molecule has 1 unspecified atom stereocenters. The number of carbonyl (C=O) groups is 1. The molecule has 5 rings (SSSR count). The summed E-state index contributed by atoms with van der Waals surface area (Å²) in [7, 11) is 1.60. The molecule has 6 heteroatoms. The highest BCUT2D eigenvalue weighted by Crippen LogP contribution is 2.41. The van der Waals surface area contributed by atoms with E-state index in [4.69, 9.17) is 9.47 Å². The van der Waals surface area contributed by atoms with Crippen LogP contribution >= 0.6 is 0 Å². The Morgan fingerprint density at radius 2 is 1.87 bits per heavy atom. The lowest BCUT2D eigenvalue weighted by Crippen LogP contribution is -2.44. The van der Waals surface area contributed by atoms with Crippen molar-refractivity contribution in [1.29, 1.82) is 0 Å². The zero-order chi connectivity index (χ0) is 21.6. The van der Waals surface area contributed by atoms with Crippen molar-refractivity contribution in [1.82, 2.24) is 9.97 Å². The molecule has 0 bridgehead atoms. The zero-order valence-electron chi connectivity index (χ0n) is 18.0. The third kappa shape index (κ3) is 3.63. The summed E-state index contributed by atoms with van der Waals surface area (Å²) in [5.41, 5.74) is 3.26. The van der Waals surface area contributed by atoms with Crippen molar-refractivity contribution in [2.24, 2.45) is 0 Å². The van der Waals surface area contributed by atoms with Crippen LogP contribution in [0.4, 0.5) is 5.82 Å². The fraction of sp³-hybridized carbons (Fsp3) is 0.320. The minimum atomic E-state index is -0.526. The first-order valence-electron chi connectivity index (χ1n) is 10.5. The Hall–Kier alpha value is -3.41. The summed E-state index contributed by atoms with van der Waals surface area (Å²) < 4.78 is 11.7. The third-order valence-corrected chi connectivity index (χ3v) is 6.11. The van der Waals surface area contributed by atoms with E-state index in [2.05, 4.69) is 46.1 Å². The van der Waals surface area contributed by atoms with Crippen LogP contribution < -0.4 is 14.4 Å². The number of ketones is 1. The molecule has 0 saturated carbocycles. The molecule has 1 fully saturated rings. The predicted octanol–water partition coefficient (Wildman–Crippen LogP) is 4.38. The molecule has 2 aromatic carbocycles. The number of hydrogen-bond acceptors (Lipinski definition) is 6. The summed E-state index contributed by atoms with van der Waals surface area (Å²) in [4.78, 5) is 24.4. The van der Waals surface area contributed by atoms with Gasteiger partial charge in [-0.1, -0.05) is 29.8 Å². The van der Waals surface area contributed by atoms with Crippen molar-refractivity contribution in [3.63, 3.8) is 0 Å². The van der Waals surface area contributed by atoms with E-state index in [0.717, 1.165) is 35.9 Å². The van der Waals surface area contributed by atoms with Gasteiger partial charge in [0, 0.05) is 24.6 Å². The summed E-state index contributed by atoms with van der Waals surface area (Å²) in [6.45, 7) is 5.39. The van der Waals surface area contributed by atoms with Crippen molar-refractivity contribution in [2.45, 2.75) is 32.3 Å². The summed E-state index contributed by atoms with van der Waals surface area (Å²) in [6, 6.07) is 15.8. The average Bonchev–Trinajstić information content (AvgIpc) is 3.16. The molecule has 2 aliphatic rings. The van der Waals surface area contributed by atoms with Gasteiger partial charge < -0.3 is 14.4 Å². The van der Waals surface area contributed by atoms with E-state index in [-0.39, 0.29) is 5.78 Å². The molecule has 3 aromatic rings. The van der Waals surface area contributed by atoms with Gasteiger partial charge in [-0.05, 0) is 32.0 Å². The fourth-order valence-electron chi connectivity index (χ4n) is 4.45. The Morgan fingerprint density at radius 3 is 2.65 bits per heavy atom. The molecule has 1 saturated heterocycles. The fourth-order valence-corrected chi connectivity index (χ4v) is 4.45. The summed E-state index contributed by atoms with van der Waals surface area (Å²) in [6.07, 6.45) is 1.13. The molecule has 1 aromatic heterocycles. The number of methoxy groups -OCH3 is 1. The Bertz CT molecular complexity index is 1160. The number of fused-ring (bicyclic) bond motifs is 1. The second-order valence-corrected chi connectivity index (χ2v) is 8.44. The maximum Gasteiger partial charge on any atom is 0.170 e. The highest BCUT2D eigenvalue weighted by atomic mass is 16.5. The van der Waals surface area contributed by atoms with Gasteiger partial charge in [-0.15, -0.1) is 0 Å². The summed E-state index contributed by atoms with van der Waals surface area (Å²) >= 11 is 0. The van der Waals surface area contributed by atoms with E-state index < -0.39 is 5.60 Å². The molecular formula is C25H25N3O3. The SMILES string of the molecule is COc1ccc2c(c1)C(=O)CC1(CCN(c3cc(-c4ccc(C)cc4)nc(C)n3)C1)O2. The van der Waals surface area contributed by atoms with Gasteiger partial charge in [0.05, 0.1) is 31.3 Å². The van der Waals surface area contributed by atoms with Crippen molar-refractivity contribution >= 4 is 11.6 Å². The normalized spacial score (nSPS) is 20.0. The first-order chi connectivity index (χ1) is 14.9. The van der Waals surface area contributed by atoms with Crippen molar-refractivity contribution in [3.8, 4) is 22.8 Å². The molecule has 3 heterocycles. The highest BCUT2D eigenvalue weighted by molar-refractivity contribution is 6.00. The molecule has 2 aliphatic heterocycles. The number of Topliss-reactive ketones (excluding diaryl/α,β-unsaturated/α-hetero) is 1. The minimum absolute atomic E-state index is 0.0983. The smallest absolute Gasteiger partial charge is 0.170 e. The number of hydrogen-bond donors (Lipinski definition) is 0. The lowest BCUT2D eigenvalue weighted by atomic mass is 9.89. The molecule has 6 nitrogen and oxygen atoms in total. The molecule has 31 heavy (non-hydrogen) atoms. The Balaban J connectivity index is 1.42. The molecule has 0 amide bonds. The van der Waals surface area contributed by atoms with Crippen LogP contribution in [0.1, 0.15) is 34.6 Å². The number of nitrogens with zero attached hydrogens (tertiary/aromatic N) is 3. The monoisotopic (exact) mass is 415 g/mol. The van der Waals surface area contributed by atoms with Gasteiger partial charge in [-0.3, -0.25) is 4.79 Å². The van der Waals surface area contributed by atoms with Crippen LogP contribution in [0.5, 0.6) is 11.5 Å². The van der Waals surface area contributed by atoms with E-state index in [1.54, 1.807) is 13.2 Å². The topological polar surface area (TPSA) is 64.5 Å². The first kappa shape index (κ1) is 19.5. The van der Waals surface area contributed by atoms with Gasteiger partial charge >= 0.3 is 0 Å². The molecule has 158 valence electrons. The highest BCUT2D eigenvalue weighted by Gasteiger charge is 2.46. The number of rotatable bonds is 3. The van der Waals surface area contributed by atoms with Crippen LogP contribution in [-0.4, -0.2) is 41.6 Å². The van der Waals surface area contributed by atoms with E-state index >= 15 is 0 Å². The molecule has 0 N–H and O–H groups in total. The number of ether oxygens (including phenoxy) is 2. The van der Waals surface area contributed by atoms with Gasteiger partial charge in [0.25, 0.3) is 0 Å². The zero-order valence-corrected chi connectivity index (χ0v) is 18.0. The number of benzene rings is 2. The van der Waals surface area contributed by atoms with Gasteiger partial charge in [-0.25, -0.2) is 9.97 Å². The number of anilines is 1.